The Morgan fingerprint density at radius 2 is 1.47 bits per heavy atom. The summed E-state index contributed by atoms with van der Waals surface area (Å²) in [4.78, 5) is 57.2. The number of carboxylic acid groups (broad SMARTS) is 1. The van der Waals surface area contributed by atoms with Crippen LogP contribution in [-0.2, 0) is 28.4 Å². The maximum Gasteiger partial charge on any atom is 0.394 e. The number of hydrazine groups is 1. The molecule has 34 heavy (non-hydrogen) atoms. The van der Waals surface area contributed by atoms with Crippen LogP contribution in [0.25, 0.3) is 0 Å². The topological polar surface area (TPSA) is 207 Å². The molecule has 0 aliphatic rings. The first-order valence-electron chi connectivity index (χ1n) is 9.29. The van der Waals surface area contributed by atoms with Crippen LogP contribution in [0.15, 0.2) is 83.5 Å². The van der Waals surface area contributed by atoms with Crippen LogP contribution in [0.4, 0.5) is 0 Å². The lowest BCUT2D eigenvalue weighted by molar-refractivity contribution is -0.157. The number of nitrogens with zero attached hydrogens (tertiary/aromatic N) is 1. The molecule has 0 aliphatic carbocycles. The molecule has 7 N–H and O–H groups in total. The first-order valence-corrected chi connectivity index (χ1v) is 10.6. The van der Waals surface area contributed by atoms with Gasteiger partial charge in [-0.05, 0) is 24.3 Å². The van der Waals surface area contributed by atoms with Crippen molar-refractivity contribution in [3.05, 3.63) is 83.5 Å². The summed E-state index contributed by atoms with van der Waals surface area (Å²) in [5.41, 5.74) is 4.99. The number of benzene rings is 2. The summed E-state index contributed by atoms with van der Waals surface area (Å²) in [7, 11) is -2.40. The Morgan fingerprint density at radius 3 is 1.97 bits per heavy atom. The van der Waals surface area contributed by atoms with Crippen molar-refractivity contribution < 1.29 is 43.1 Å². The number of aliphatic carboxylic acids is 1. The smallest absolute Gasteiger partial charge is 0.394 e. The van der Waals surface area contributed by atoms with Gasteiger partial charge in [0.15, 0.2) is 5.75 Å². The SMILES string of the molecule is NOC(=O)C(O[SiH2]C(=CC(N)=O)C(=O)O)=C(Oc1ccccc1)C(=O)N(N)Oc1ccccc1. The molecule has 0 heterocycles. The van der Waals surface area contributed by atoms with Crippen LogP contribution in [0.5, 0.6) is 11.5 Å². The summed E-state index contributed by atoms with van der Waals surface area (Å²) in [6, 6.07) is 15.7. The van der Waals surface area contributed by atoms with E-state index in [2.05, 4.69) is 4.84 Å². The van der Waals surface area contributed by atoms with Gasteiger partial charge in [0.05, 0.1) is 5.20 Å². The summed E-state index contributed by atoms with van der Waals surface area (Å²) in [6.45, 7) is 0. The Labute approximate surface area is 194 Å². The van der Waals surface area contributed by atoms with Crippen LogP contribution in [-0.4, -0.2) is 43.8 Å². The van der Waals surface area contributed by atoms with Gasteiger partial charge in [0.25, 0.3) is 9.76 Å². The van der Waals surface area contributed by atoms with Crippen molar-refractivity contribution in [2.75, 3.05) is 0 Å². The highest BCUT2D eigenvalue weighted by molar-refractivity contribution is 6.49. The summed E-state index contributed by atoms with van der Waals surface area (Å²) in [6.07, 6.45) is 0.618. The monoisotopic (exact) mass is 488 g/mol. The van der Waals surface area contributed by atoms with Crippen LogP contribution in [0.2, 0.25) is 0 Å². The quantitative estimate of drug-likeness (QED) is 0.0749. The van der Waals surface area contributed by atoms with Crippen LogP contribution in [0.1, 0.15) is 0 Å². The summed E-state index contributed by atoms with van der Waals surface area (Å²) < 4.78 is 10.8. The number of carbonyl (C=O) groups excluding carboxylic acids is 3. The standard InChI is InChI=1S/C20H20N4O9Si/c21-15(25)11-14(19(27)28)34-33-17(20(29)31-23)16(30-12-7-3-1-4-8-12)18(26)24(22)32-13-9-5-2-6-10-13/h1-11H,22-23,34H2,(H2,21,25)(H,27,28). The number of amides is 2. The summed E-state index contributed by atoms with van der Waals surface area (Å²) in [5.74, 6) is 4.03. The molecule has 0 bridgehead atoms. The zero-order chi connectivity index (χ0) is 25.1. The van der Waals surface area contributed by atoms with Crippen molar-refractivity contribution in [3.63, 3.8) is 0 Å². The fourth-order valence-corrected chi connectivity index (χ4v) is 3.24. The molecule has 13 nitrogen and oxygen atoms in total. The largest absolute Gasteiger partial charge is 0.537 e. The van der Waals surface area contributed by atoms with Crippen LogP contribution in [0, 0.1) is 0 Å². The van der Waals surface area contributed by atoms with E-state index in [1.54, 1.807) is 36.4 Å². The molecule has 0 aliphatic heterocycles. The maximum atomic E-state index is 13.0. The lowest BCUT2D eigenvalue weighted by atomic mass is 10.3. The van der Waals surface area contributed by atoms with E-state index >= 15 is 0 Å². The van der Waals surface area contributed by atoms with Gasteiger partial charge in [-0.1, -0.05) is 41.6 Å². The van der Waals surface area contributed by atoms with Crippen molar-refractivity contribution in [2.24, 2.45) is 17.5 Å². The number of rotatable bonds is 11. The molecule has 2 aromatic rings. The van der Waals surface area contributed by atoms with E-state index in [0.29, 0.717) is 6.08 Å². The first-order chi connectivity index (χ1) is 16.2. The number of carboxylic acids is 1. The zero-order valence-corrected chi connectivity index (χ0v) is 18.9. The van der Waals surface area contributed by atoms with Crippen LogP contribution in [0.3, 0.4) is 0 Å². The number of ether oxygens (including phenoxy) is 1. The minimum Gasteiger partial charge on any atom is -0.537 e. The molecular formula is C20H20N4O9Si. The fourth-order valence-electron chi connectivity index (χ4n) is 2.29. The highest BCUT2D eigenvalue weighted by atomic mass is 28.2. The zero-order valence-electron chi connectivity index (χ0n) is 17.5. The molecule has 0 saturated heterocycles. The summed E-state index contributed by atoms with van der Waals surface area (Å²) >= 11 is 0. The van der Waals surface area contributed by atoms with E-state index in [-0.39, 0.29) is 16.7 Å². The molecule has 0 aromatic heterocycles. The van der Waals surface area contributed by atoms with Gasteiger partial charge in [-0.25, -0.2) is 15.4 Å². The fraction of sp³-hybridized carbons (Fsp3) is 0. The second kappa shape index (κ2) is 12.4. The second-order valence-electron chi connectivity index (χ2n) is 6.18. The van der Waals surface area contributed by atoms with E-state index in [9.17, 15) is 24.3 Å². The molecule has 2 aromatic carbocycles. The van der Waals surface area contributed by atoms with E-state index in [1.807, 2.05) is 0 Å². The lowest BCUT2D eigenvalue weighted by Gasteiger charge is -2.20. The molecule has 2 rings (SSSR count). The molecule has 0 fully saturated rings. The Morgan fingerprint density at radius 1 is 0.912 bits per heavy atom. The molecule has 178 valence electrons. The van der Waals surface area contributed by atoms with Crippen molar-refractivity contribution in [3.8, 4) is 11.5 Å². The average Bonchev–Trinajstić information content (AvgIpc) is 2.82. The highest BCUT2D eigenvalue weighted by Crippen LogP contribution is 2.20. The Bertz CT molecular complexity index is 1110. The van der Waals surface area contributed by atoms with Gasteiger partial charge in [-0.3, -0.25) is 9.59 Å². The normalized spacial score (nSPS) is 11.9. The number of hydrogen-bond acceptors (Lipinski definition) is 10. The lowest BCUT2D eigenvalue weighted by Crippen LogP contribution is -2.43. The maximum absolute atomic E-state index is 13.0. The predicted molar refractivity (Wildman–Crippen MR) is 117 cm³/mol. The molecule has 0 atom stereocenters. The van der Waals surface area contributed by atoms with Crippen LogP contribution < -0.4 is 27.0 Å². The molecule has 0 saturated carbocycles. The second-order valence-corrected chi connectivity index (χ2v) is 7.52. The van der Waals surface area contributed by atoms with Gasteiger partial charge < -0.3 is 29.7 Å². The minimum absolute atomic E-state index is 0.0812. The molecule has 0 unspecified atom stereocenters. The van der Waals surface area contributed by atoms with Gasteiger partial charge in [0, 0.05) is 6.08 Å². The van der Waals surface area contributed by atoms with Gasteiger partial charge in [-0.2, -0.15) is 5.90 Å². The number of hydroxylamine groups is 1. The molecule has 0 radical (unpaired) electrons. The van der Waals surface area contributed by atoms with Crippen LogP contribution >= 0.6 is 0 Å². The highest BCUT2D eigenvalue weighted by Gasteiger charge is 2.31. The van der Waals surface area contributed by atoms with Gasteiger partial charge in [-0.15, -0.1) is 0 Å². The van der Waals surface area contributed by atoms with E-state index in [0.717, 1.165) is 0 Å². The first kappa shape index (κ1) is 25.6. The van der Waals surface area contributed by atoms with E-state index in [1.165, 1.54) is 24.3 Å². The van der Waals surface area contributed by atoms with Crippen molar-refractivity contribution >= 4 is 33.5 Å². The predicted octanol–water partition coefficient (Wildman–Crippen LogP) is -1.06. The van der Waals surface area contributed by atoms with E-state index in [4.69, 9.17) is 31.5 Å². The number of carbonyl (C=O) groups is 4. The molecule has 14 heteroatoms. The number of hydrogen-bond donors (Lipinski definition) is 4. The third-order valence-electron chi connectivity index (χ3n) is 3.77. The molecule has 0 spiro atoms. The number of primary amides is 1. The molecule has 2 amide bonds. The van der Waals surface area contributed by atoms with Gasteiger partial charge in [0.2, 0.25) is 17.4 Å². The van der Waals surface area contributed by atoms with E-state index < -0.39 is 50.2 Å². The number of para-hydroxylation sites is 2. The van der Waals surface area contributed by atoms with Crippen molar-refractivity contribution in [1.82, 2.24) is 5.17 Å². The third-order valence-corrected chi connectivity index (χ3v) is 5.02. The average molecular weight is 488 g/mol. The minimum atomic E-state index is -2.40. The third kappa shape index (κ3) is 7.48. The van der Waals surface area contributed by atoms with Crippen molar-refractivity contribution in [2.45, 2.75) is 0 Å². The number of nitrogens with two attached hydrogens (primary N) is 3. The summed E-state index contributed by atoms with van der Waals surface area (Å²) in [5, 5.41) is 9.00. The van der Waals surface area contributed by atoms with Gasteiger partial charge >= 0.3 is 17.8 Å². The molecular weight excluding hydrogens is 468 g/mol. The Hall–Kier alpha value is -4.66. The Balaban J connectivity index is 2.48. The van der Waals surface area contributed by atoms with Gasteiger partial charge in [0.1, 0.15) is 5.75 Å². The Kier molecular flexibility index (Phi) is 9.33. The van der Waals surface area contributed by atoms with Crippen molar-refractivity contribution in [1.29, 1.82) is 0 Å².